The molecule has 0 aliphatic carbocycles. The molecule has 2 nitrogen and oxygen atoms in total. The minimum absolute atomic E-state index is 0.823. The molecule has 1 aromatic rings. The highest BCUT2D eigenvalue weighted by Gasteiger charge is 2.04. The molecule has 108 valence electrons. The molecule has 0 radical (unpaired) electrons. The van der Waals surface area contributed by atoms with Gasteiger partial charge in [-0.2, -0.15) is 0 Å². The van der Waals surface area contributed by atoms with E-state index in [0.717, 1.165) is 24.4 Å². The summed E-state index contributed by atoms with van der Waals surface area (Å²) in [5.74, 6) is 0.964. The molecule has 0 fully saturated rings. The number of allylic oxidation sites excluding steroid dienone is 5. The first-order valence-corrected chi connectivity index (χ1v) is 7.13. The Morgan fingerprint density at radius 1 is 1.30 bits per heavy atom. The van der Waals surface area contributed by atoms with Crippen LogP contribution in [-0.2, 0) is 6.42 Å². The molecule has 2 heteroatoms. The quantitative estimate of drug-likeness (QED) is 0.749. The van der Waals surface area contributed by atoms with E-state index < -0.39 is 0 Å². The van der Waals surface area contributed by atoms with Crippen LogP contribution in [-0.4, -0.2) is 11.5 Å². The van der Waals surface area contributed by atoms with Crippen molar-refractivity contribution in [1.82, 2.24) is 4.98 Å². The van der Waals surface area contributed by atoms with Crippen molar-refractivity contribution >= 4 is 5.82 Å². The number of aromatic nitrogens is 1. The van der Waals surface area contributed by atoms with Crippen molar-refractivity contribution < 1.29 is 0 Å². The van der Waals surface area contributed by atoms with Gasteiger partial charge in [0.25, 0.3) is 0 Å². The van der Waals surface area contributed by atoms with Crippen molar-refractivity contribution in [1.29, 1.82) is 0 Å². The Morgan fingerprint density at radius 3 is 2.60 bits per heavy atom. The first-order valence-electron chi connectivity index (χ1n) is 7.13. The zero-order valence-electron chi connectivity index (χ0n) is 13.4. The lowest BCUT2D eigenvalue weighted by atomic mass is 10.0. The van der Waals surface area contributed by atoms with Gasteiger partial charge in [0.2, 0.25) is 0 Å². The van der Waals surface area contributed by atoms with Crippen LogP contribution in [0, 0.1) is 6.92 Å². The molecule has 1 aromatic heterocycles. The predicted molar refractivity (Wildman–Crippen MR) is 89.2 cm³/mol. The lowest BCUT2D eigenvalue weighted by molar-refractivity contribution is 1.08. The maximum absolute atomic E-state index is 4.46. The standard InChI is InChI=1S/C18H26N2/c1-7-19-18-17(11-15(5)12-20-18)10-14(4)8-9-16(6)13(2)3/h8-9,11-12H,4,7,10H2,1-3,5-6H3,(H,19,20). The Balaban J connectivity index is 2.85. The molecule has 0 aromatic carbocycles. The summed E-state index contributed by atoms with van der Waals surface area (Å²) in [6.45, 7) is 15.5. The van der Waals surface area contributed by atoms with Gasteiger partial charge in [-0.3, -0.25) is 0 Å². The first-order chi connectivity index (χ1) is 9.43. The maximum Gasteiger partial charge on any atom is 0.129 e. The molecular formula is C18H26N2. The van der Waals surface area contributed by atoms with Crippen molar-refractivity contribution in [2.24, 2.45) is 0 Å². The Bertz CT molecular complexity index is 532. The Labute approximate surface area is 123 Å². The second kappa shape index (κ2) is 7.68. The summed E-state index contributed by atoms with van der Waals surface area (Å²) in [6.07, 6.45) is 6.95. The van der Waals surface area contributed by atoms with E-state index >= 15 is 0 Å². The molecular weight excluding hydrogens is 244 g/mol. The summed E-state index contributed by atoms with van der Waals surface area (Å²) in [7, 11) is 0. The summed E-state index contributed by atoms with van der Waals surface area (Å²) >= 11 is 0. The topological polar surface area (TPSA) is 24.9 Å². The minimum atomic E-state index is 0.823. The van der Waals surface area contributed by atoms with E-state index in [1.807, 2.05) is 6.20 Å². The number of hydrogen-bond donors (Lipinski definition) is 1. The zero-order chi connectivity index (χ0) is 15.1. The molecule has 0 atom stereocenters. The van der Waals surface area contributed by atoms with Crippen molar-refractivity contribution in [3.8, 4) is 0 Å². The highest BCUT2D eigenvalue weighted by atomic mass is 15.0. The van der Waals surface area contributed by atoms with Crippen LogP contribution < -0.4 is 5.32 Å². The molecule has 1 rings (SSSR count). The Morgan fingerprint density at radius 2 is 2.00 bits per heavy atom. The molecule has 1 N–H and O–H groups in total. The molecule has 0 saturated carbocycles. The number of aryl methyl sites for hydroxylation is 1. The lowest BCUT2D eigenvalue weighted by Gasteiger charge is -2.10. The number of pyridine rings is 1. The van der Waals surface area contributed by atoms with Crippen LogP contribution in [0.25, 0.3) is 0 Å². The number of rotatable bonds is 6. The summed E-state index contributed by atoms with van der Waals surface area (Å²) in [5, 5.41) is 3.31. The van der Waals surface area contributed by atoms with Crippen molar-refractivity contribution in [2.45, 2.75) is 41.0 Å². The monoisotopic (exact) mass is 270 g/mol. The van der Waals surface area contributed by atoms with Crippen molar-refractivity contribution in [3.63, 3.8) is 0 Å². The van der Waals surface area contributed by atoms with E-state index in [2.05, 4.69) is 69.7 Å². The third kappa shape index (κ3) is 5.04. The van der Waals surface area contributed by atoms with E-state index in [1.165, 1.54) is 22.3 Å². The number of anilines is 1. The van der Waals surface area contributed by atoms with Gasteiger partial charge in [0.1, 0.15) is 5.82 Å². The molecule has 20 heavy (non-hydrogen) atoms. The van der Waals surface area contributed by atoms with Crippen LogP contribution in [0.4, 0.5) is 5.82 Å². The number of nitrogens with one attached hydrogen (secondary N) is 1. The van der Waals surface area contributed by atoms with Gasteiger partial charge >= 0.3 is 0 Å². The second-order valence-corrected chi connectivity index (χ2v) is 5.40. The van der Waals surface area contributed by atoms with Crippen LogP contribution >= 0.6 is 0 Å². The van der Waals surface area contributed by atoms with E-state index in [4.69, 9.17) is 0 Å². The minimum Gasteiger partial charge on any atom is -0.370 e. The van der Waals surface area contributed by atoms with Crippen LogP contribution in [0.5, 0.6) is 0 Å². The van der Waals surface area contributed by atoms with Crippen molar-refractivity contribution in [2.75, 3.05) is 11.9 Å². The average molecular weight is 270 g/mol. The fourth-order valence-corrected chi connectivity index (χ4v) is 1.80. The molecule has 1 heterocycles. The Kier molecular flexibility index (Phi) is 6.23. The third-order valence-corrected chi connectivity index (χ3v) is 3.22. The molecule has 0 unspecified atom stereocenters. The maximum atomic E-state index is 4.46. The summed E-state index contributed by atoms with van der Waals surface area (Å²) < 4.78 is 0. The van der Waals surface area contributed by atoms with E-state index in [1.54, 1.807) is 0 Å². The van der Waals surface area contributed by atoms with E-state index in [-0.39, 0.29) is 0 Å². The zero-order valence-corrected chi connectivity index (χ0v) is 13.4. The lowest BCUT2D eigenvalue weighted by Crippen LogP contribution is -2.04. The van der Waals surface area contributed by atoms with Crippen LogP contribution in [0.3, 0.4) is 0 Å². The van der Waals surface area contributed by atoms with Gasteiger partial charge in [-0.05, 0) is 45.7 Å². The fourth-order valence-electron chi connectivity index (χ4n) is 1.80. The predicted octanol–water partition coefficient (Wildman–Crippen LogP) is 4.83. The molecule has 0 bridgehead atoms. The summed E-state index contributed by atoms with van der Waals surface area (Å²) in [6, 6.07) is 2.18. The molecule has 0 amide bonds. The number of nitrogens with zero attached hydrogens (tertiary/aromatic N) is 1. The highest BCUT2D eigenvalue weighted by molar-refractivity contribution is 5.48. The van der Waals surface area contributed by atoms with Gasteiger partial charge < -0.3 is 5.32 Å². The van der Waals surface area contributed by atoms with Crippen LogP contribution in [0.15, 0.2) is 47.7 Å². The van der Waals surface area contributed by atoms with Gasteiger partial charge in [0.05, 0.1) is 0 Å². The Hall–Kier alpha value is -1.83. The van der Waals surface area contributed by atoms with Gasteiger partial charge in [-0.1, -0.05) is 41.5 Å². The summed E-state index contributed by atoms with van der Waals surface area (Å²) in [4.78, 5) is 4.46. The molecule has 0 aliphatic heterocycles. The average Bonchev–Trinajstić information content (AvgIpc) is 2.39. The first kappa shape index (κ1) is 16.2. The molecule has 0 aliphatic rings. The van der Waals surface area contributed by atoms with Crippen LogP contribution in [0.2, 0.25) is 0 Å². The fraction of sp³-hybridized carbons (Fsp3) is 0.389. The SMILES string of the molecule is C=C(C=CC(C)=C(C)C)Cc1cc(C)cnc1NCC. The molecule has 0 saturated heterocycles. The third-order valence-electron chi connectivity index (χ3n) is 3.22. The van der Waals surface area contributed by atoms with Gasteiger partial charge in [0, 0.05) is 19.2 Å². The van der Waals surface area contributed by atoms with Gasteiger partial charge in [0.15, 0.2) is 0 Å². The molecule has 0 spiro atoms. The number of hydrogen-bond acceptors (Lipinski definition) is 2. The van der Waals surface area contributed by atoms with Gasteiger partial charge in [-0.25, -0.2) is 4.98 Å². The normalized spacial score (nSPS) is 10.7. The van der Waals surface area contributed by atoms with Crippen molar-refractivity contribution in [3.05, 3.63) is 58.8 Å². The van der Waals surface area contributed by atoms with E-state index in [0.29, 0.717) is 0 Å². The second-order valence-electron chi connectivity index (χ2n) is 5.40. The smallest absolute Gasteiger partial charge is 0.129 e. The van der Waals surface area contributed by atoms with E-state index in [9.17, 15) is 0 Å². The largest absolute Gasteiger partial charge is 0.370 e. The summed E-state index contributed by atoms with van der Waals surface area (Å²) in [5.41, 5.74) is 6.10. The highest BCUT2D eigenvalue weighted by Crippen LogP contribution is 2.18. The van der Waals surface area contributed by atoms with Crippen LogP contribution in [0.1, 0.15) is 38.8 Å². The van der Waals surface area contributed by atoms with Gasteiger partial charge in [-0.15, -0.1) is 0 Å².